The minimum absolute atomic E-state index is 0.179. The van der Waals surface area contributed by atoms with Gasteiger partial charge in [0.1, 0.15) is 23.9 Å². The van der Waals surface area contributed by atoms with E-state index in [1.807, 2.05) is 24.3 Å². The second kappa shape index (κ2) is 10.2. The molecule has 168 valence electrons. The van der Waals surface area contributed by atoms with Gasteiger partial charge in [-0.25, -0.2) is 9.18 Å². The van der Waals surface area contributed by atoms with Gasteiger partial charge in [-0.2, -0.15) is 0 Å². The van der Waals surface area contributed by atoms with Crippen molar-refractivity contribution < 1.29 is 18.7 Å². The summed E-state index contributed by atoms with van der Waals surface area (Å²) in [4.78, 5) is 26.3. The summed E-state index contributed by atoms with van der Waals surface area (Å²) in [6.07, 6.45) is 1.61. The highest BCUT2D eigenvalue weighted by Crippen LogP contribution is 2.36. The fourth-order valence-electron chi connectivity index (χ4n) is 3.19. The molecule has 9 heteroatoms. The van der Waals surface area contributed by atoms with Gasteiger partial charge in [0.25, 0.3) is 5.91 Å². The number of halogens is 4. The first kappa shape index (κ1) is 23.7. The molecule has 0 bridgehead atoms. The van der Waals surface area contributed by atoms with Crippen LogP contribution in [0.2, 0.25) is 0 Å². The number of ether oxygens (including phenoxy) is 1. The van der Waals surface area contributed by atoms with Crippen molar-refractivity contribution in [3.63, 3.8) is 0 Å². The van der Waals surface area contributed by atoms with E-state index in [4.69, 9.17) is 4.74 Å². The standard InChI is InChI=1S/C24H16Br3FN2O3/c25-17-5-1-14(2-6-17)12-30-23(31)21(29-24(30)32)11-16-9-19(26)22(20(27)10-16)33-13-15-3-7-18(28)8-4-15/h1-11H,12-13H2,(H,29,32)/b21-11+. The molecule has 33 heavy (non-hydrogen) atoms. The summed E-state index contributed by atoms with van der Waals surface area (Å²) in [5, 5.41) is 2.64. The van der Waals surface area contributed by atoms with Crippen molar-refractivity contribution in [1.82, 2.24) is 10.2 Å². The highest BCUT2D eigenvalue weighted by atomic mass is 79.9. The molecule has 0 spiro atoms. The SMILES string of the molecule is O=C1N/C(=C/c2cc(Br)c(OCc3ccc(F)cc3)c(Br)c2)C(=O)N1Cc1ccc(Br)cc1. The number of imide groups is 1. The van der Waals surface area contributed by atoms with Crippen molar-refractivity contribution in [3.8, 4) is 5.75 Å². The van der Waals surface area contributed by atoms with Crippen LogP contribution in [0.4, 0.5) is 9.18 Å². The Kier molecular flexibility index (Phi) is 7.31. The van der Waals surface area contributed by atoms with Crippen LogP contribution < -0.4 is 10.1 Å². The first-order chi connectivity index (χ1) is 15.8. The average Bonchev–Trinajstić information content (AvgIpc) is 3.03. The van der Waals surface area contributed by atoms with Crippen molar-refractivity contribution in [3.05, 3.63) is 102 Å². The van der Waals surface area contributed by atoms with Gasteiger partial charge >= 0.3 is 6.03 Å². The van der Waals surface area contributed by atoms with Gasteiger partial charge in [-0.15, -0.1) is 0 Å². The van der Waals surface area contributed by atoms with Crippen LogP contribution >= 0.6 is 47.8 Å². The summed E-state index contributed by atoms with van der Waals surface area (Å²) >= 11 is 10.4. The summed E-state index contributed by atoms with van der Waals surface area (Å²) < 4.78 is 21.2. The molecule has 0 radical (unpaired) electrons. The van der Waals surface area contributed by atoms with Crippen molar-refractivity contribution in [2.24, 2.45) is 0 Å². The van der Waals surface area contributed by atoms with Crippen molar-refractivity contribution in [1.29, 1.82) is 0 Å². The van der Waals surface area contributed by atoms with E-state index < -0.39 is 11.9 Å². The third-order valence-corrected chi connectivity index (χ3v) is 6.55. The van der Waals surface area contributed by atoms with Crippen LogP contribution in [0.1, 0.15) is 16.7 Å². The highest BCUT2D eigenvalue weighted by molar-refractivity contribution is 9.11. The molecule has 3 aromatic carbocycles. The van der Waals surface area contributed by atoms with Gasteiger partial charge < -0.3 is 10.1 Å². The lowest BCUT2D eigenvalue weighted by Crippen LogP contribution is -2.30. The first-order valence-electron chi connectivity index (χ1n) is 9.75. The summed E-state index contributed by atoms with van der Waals surface area (Å²) in [7, 11) is 0. The quantitative estimate of drug-likeness (QED) is 0.239. The lowest BCUT2D eigenvalue weighted by atomic mass is 10.1. The van der Waals surface area contributed by atoms with Gasteiger partial charge in [-0.1, -0.05) is 40.2 Å². The van der Waals surface area contributed by atoms with Crippen LogP contribution in [0.25, 0.3) is 6.08 Å². The Morgan fingerprint density at radius 1 is 0.909 bits per heavy atom. The third kappa shape index (κ3) is 5.72. The van der Waals surface area contributed by atoms with E-state index in [9.17, 15) is 14.0 Å². The fraction of sp³-hybridized carbons (Fsp3) is 0.0833. The minimum Gasteiger partial charge on any atom is -0.487 e. The fourth-order valence-corrected chi connectivity index (χ4v) is 4.91. The van der Waals surface area contributed by atoms with Gasteiger partial charge in [-0.05, 0) is 91.0 Å². The Hall–Kier alpha value is -2.49. The van der Waals surface area contributed by atoms with Crippen molar-refractivity contribution in [2.75, 3.05) is 0 Å². The number of nitrogens with zero attached hydrogens (tertiary/aromatic N) is 1. The van der Waals surface area contributed by atoms with Gasteiger partial charge in [-0.3, -0.25) is 9.69 Å². The van der Waals surface area contributed by atoms with E-state index in [1.165, 1.54) is 17.0 Å². The number of benzene rings is 3. The number of urea groups is 1. The number of amides is 3. The van der Waals surface area contributed by atoms with E-state index in [-0.39, 0.29) is 24.7 Å². The molecule has 3 aromatic rings. The van der Waals surface area contributed by atoms with Gasteiger partial charge in [0.2, 0.25) is 0 Å². The molecule has 0 unspecified atom stereocenters. The summed E-state index contributed by atoms with van der Waals surface area (Å²) in [6, 6.07) is 16.6. The smallest absolute Gasteiger partial charge is 0.329 e. The monoisotopic (exact) mass is 636 g/mol. The van der Waals surface area contributed by atoms with Crippen LogP contribution in [-0.4, -0.2) is 16.8 Å². The normalized spacial score (nSPS) is 14.7. The molecular formula is C24H16Br3FN2O3. The van der Waals surface area contributed by atoms with Gasteiger partial charge in [0.05, 0.1) is 15.5 Å². The summed E-state index contributed by atoms with van der Waals surface area (Å²) in [6.45, 7) is 0.441. The first-order valence-corrected chi connectivity index (χ1v) is 12.1. The largest absolute Gasteiger partial charge is 0.487 e. The molecule has 1 aliphatic rings. The number of carbonyl (C=O) groups is 2. The summed E-state index contributed by atoms with van der Waals surface area (Å²) in [5.74, 6) is -0.130. The lowest BCUT2D eigenvalue weighted by Gasteiger charge is -2.12. The molecule has 0 atom stereocenters. The van der Waals surface area contributed by atoms with Gasteiger partial charge in [0.15, 0.2) is 0 Å². The average molecular weight is 639 g/mol. The molecule has 1 saturated heterocycles. The highest BCUT2D eigenvalue weighted by Gasteiger charge is 2.33. The minimum atomic E-state index is -0.466. The van der Waals surface area contributed by atoms with Crippen molar-refractivity contribution in [2.45, 2.75) is 13.2 Å². The number of hydrogen-bond acceptors (Lipinski definition) is 3. The molecule has 4 rings (SSSR count). The second-order valence-corrected chi connectivity index (χ2v) is 9.86. The third-order valence-electron chi connectivity index (χ3n) is 4.84. The van der Waals surface area contributed by atoms with Crippen LogP contribution in [-0.2, 0) is 17.9 Å². The molecule has 1 fully saturated rings. The van der Waals surface area contributed by atoms with Crippen LogP contribution in [0.15, 0.2) is 79.8 Å². The number of carbonyl (C=O) groups excluding carboxylic acids is 2. The second-order valence-electron chi connectivity index (χ2n) is 7.23. The van der Waals surface area contributed by atoms with Crippen molar-refractivity contribution >= 4 is 65.8 Å². The van der Waals surface area contributed by atoms with Gasteiger partial charge in [0, 0.05) is 4.47 Å². The van der Waals surface area contributed by atoms with Crippen LogP contribution in [0.3, 0.4) is 0 Å². The topological polar surface area (TPSA) is 58.6 Å². The van der Waals surface area contributed by atoms with Crippen LogP contribution in [0, 0.1) is 5.82 Å². The molecule has 5 nitrogen and oxygen atoms in total. The van der Waals surface area contributed by atoms with Crippen LogP contribution in [0.5, 0.6) is 5.75 Å². The maximum atomic E-state index is 13.1. The number of nitrogens with one attached hydrogen (secondary N) is 1. The van der Waals surface area contributed by atoms with E-state index in [2.05, 4.69) is 53.1 Å². The molecule has 1 N–H and O–H groups in total. The molecule has 3 amide bonds. The molecule has 0 aromatic heterocycles. The summed E-state index contributed by atoms with van der Waals surface area (Å²) in [5.41, 5.74) is 2.55. The Balaban J connectivity index is 1.49. The van der Waals surface area contributed by atoms with E-state index in [1.54, 1.807) is 30.3 Å². The van der Waals surface area contributed by atoms with E-state index in [0.717, 1.165) is 15.6 Å². The maximum absolute atomic E-state index is 13.1. The molecule has 1 heterocycles. The predicted molar refractivity (Wildman–Crippen MR) is 134 cm³/mol. The number of hydrogen-bond donors (Lipinski definition) is 1. The zero-order chi connectivity index (χ0) is 23.5. The zero-order valence-electron chi connectivity index (χ0n) is 16.9. The Bertz CT molecular complexity index is 1220. The molecule has 0 saturated carbocycles. The molecule has 0 aliphatic carbocycles. The zero-order valence-corrected chi connectivity index (χ0v) is 21.7. The molecule has 1 aliphatic heterocycles. The number of rotatable bonds is 6. The molecular weight excluding hydrogens is 623 g/mol. The Morgan fingerprint density at radius 3 is 2.15 bits per heavy atom. The maximum Gasteiger partial charge on any atom is 0.329 e. The van der Waals surface area contributed by atoms with E-state index in [0.29, 0.717) is 20.3 Å². The Morgan fingerprint density at radius 2 is 1.52 bits per heavy atom. The van der Waals surface area contributed by atoms with E-state index >= 15 is 0 Å². The lowest BCUT2D eigenvalue weighted by molar-refractivity contribution is -0.123. The predicted octanol–water partition coefficient (Wildman–Crippen LogP) is 6.79. The Labute approximate surface area is 215 Å².